The Hall–Kier alpha value is -0.0400. The van der Waals surface area contributed by atoms with E-state index in [1.54, 1.807) is 0 Å². The first kappa shape index (κ1) is 15.4. The Morgan fingerprint density at radius 1 is 0.842 bits per heavy atom. The summed E-state index contributed by atoms with van der Waals surface area (Å²) in [5.74, 6) is 3.02. The Bertz CT molecular complexity index is 222. The summed E-state index contributed by atoms with van der Waals surface area (Å²) < 4.78 is 0. The fraction of sp³-hybridized carbons (Fsp3) is 1.00. The average molecular weight is 265 g/mol. The zero-order valence-corrected chi connectivity index (χ0v) is 13.3. The smallest absolute Gasteiger partial charge is 0.00949 e. The van der Waals surface area contributed by atoms with Crippen molar-refractivity contribution in [3.8, 4) is 0 Å². The van der Waals surface area contributed by atoms with E-state index in [1.165, 1.54) is 77.0 Å². The first-order valence-corrected chi connectivity index (χ1v) is 9.00. The lowest BCUT2D eigenvalue weighted by molar-refractivity contribution is 0.197. The highest BCUT2D eigenvalue weighted by Gasteiger charge is 2.28. The van der Waals surface area contributed by atoms with Crippen LogP contribution in [0.25, 0.3) is 0 Å². The molecule has 2 fully saturated rings. The topological polar surface area (TPSA) is 12.0 Å². The molecule has 0 aromatic heterocycles. The van der Waals surface area contributed by atoms with Crippen LogP contribution in [0.15, 0.2) is 0 Å². The van der Waals surface area contributed by atoms with Crippen molar-refractivity contribution in [3.05, 3.63) is 0 Å². The van der Waals surface area contributed by atoms with E-state index in [-0.39, 0.29) is 0 Å². The van der Waals surface area contributed by atoms with Gasteiger partial charge in [0.2, 0.25) is 0 Å². The van der Waals surface area contributed by atoms with Crippen molar-refractivity contribution >= 4 is 0 Å². The van der Waals surface area contributed by atoms with E-state index < -0.39 is 0 Å². The summed E-state index contributed by atoms with van der Waals surface area (Å²) in [5, 5.41) is 3.67. The van der Waals surface area contributed by atoms with E-state index in [0.717, 1.165) is 23.8 Å². The third-order valence-corrected chi connectivity index (χ3v) is 5.97. The number of hydrogen-bond acceptors (Lipinski definition) is 1. The molecule has 1 atom stereocenters. The largest absolute Gasteiger partial charge is 0.317 e. The molecule has 2 saturated carbocycles. The van der Waals surface area contributed by atoms with Crippen LogP contribution in [0, 0.1) is 17.8 Å². The highest BCUT2D eigenvalue weighted by atomic mass is 14.9. The predicted octanol–water partition coefficient (Wildman–Crippen LogP) is 5.15. The summed E-state index contributed by atoms with van der Waals surface area (Å²) in [6.07, 6.45) is 17.8. The van der Waals surface area contributed by atoms with Gasteiger partial charge < -0.3 is 5.32 Å². The van der Waals surface area contributed by atoms with Gasteiger partial charge in [0.05, 0.1) is 0 Å². The lowest BCUT2D eigenvalue weighted by Gasteiger charge is -2.35. The van der Waals surface area contributed by atoms with Gasteiger partial charge in [-0.1, -0.05) is 64.7 Å². The molecule has 0 aromatic carbocycles. The molecule has 0 saturated heterocycles. The van der Waals surface area contributed by atoms with Crippen molar-refractivity contribution in [1.82, 2.24) is 5.32 Å². The van der Waals surface area contributed by atoms with Gasteiger partial charge in [0.15, 0.2) is 0 Å². The van der Waals surface area contributed by atoms with Gasteiger partial charge in [-0.3, -0.25) is 0 Å². The van der Waals surface area contributed by atoms with Crippen molar-refractivity contribution in [2.45, 2.75) is 90.0 Å². The molecule has 0 heterocycles. The summed E-state index contributed by atoms with van der Waals surface area (Å²) in [7, 11) is 2.20. The summed E-state index contributed by atoms with van der Waals surface area (Å²) in [6, 6.07) is 0.806. The highest BCUT2D eigenvalue weighted by Crippen LogP contribution is 2.35. The zero-order chi connectivity index (χ0) is 13.5. The Morgan fingerprint density at radius 2 is 1.47 bits per heavy atom. The van der Waals surface area contributed by atoms with E-state index in [1.807, 2.05) is 0 Å². The third kappa shape index (κ3) is 4.77. The van der Waals surface area contributed by atoms with Crippen LogP contribution in [0.5, 0.6) is 0 Å². The Balaban J connectivity index is 1.78. The van der Waals surface area contributed by atoms with Crippen LogP contribution >= 0.6 is 0 Å². The van der Waals surface area contributed by atoms with Gasteiger partial charge in [0.25, 0.3) is 0 Å². The van der Waals surface area contributed by atoms with E-state index >= 15 is 0 Å². The minimum atomic E-state index is 0.806. The Labute approximate surface area is 120 Å². The predicted molar refractivity (Wildman–Crippen MR) is 84.4 cm³/mol. The summed E-state index contributed by atoms with van der Waals surface area (Å²) in [4.78, 5) is 0. The summed E-state index contributed by atoms with van der Waals surface area (Å²) in [5.41, 5.74) is 0. The van der Waals surface area contributed by atoms with Gasteiger partial charge in [-0.05, 0) is 44.1 Å². The fourth-order valence-electron chi connectivity index (χ4n) is 4.50. The molecular formula is C18H35N. The molecule has 2 rings (SSSR count). The third-order valence-electron chi connectivity index (χ3n) is 5.97. The minimum Gasteiger partial charge on any atom is -0.317 e. The monoisotopic (exact) mass is 265 g/mol. The van der Waals surface area contributed by atoms with Crippen LogP contribution in [-0.2, 0) is 0 Å². The van der Waals surface area contributed by atoms with Gasteiger partial charge in [-0.25, -0.2) is 0 Å². The Morgan fingerprint density at radius 3 is 2.00 bits per heavy atom. The van der Waals surface area contributed by atoms with Crippen LogP contribution in [0.3, 0.4) is 0 Å². The van der Waals surface area contributed by atoms with Crippen molar-refractivity contribution in [2.75, 3.05) is 7.05 Å². The van der Waals surface area contributed by atoms with Crippen molar-refractivity contribution in [2.24, 2.45) is 17.8 Å². The molecule has 0 aromatic rings. The maximum atomic E-state index is 3.67. The van der Waals surface area contributed by atoms with Crippen molar-refractivity contribution in [3.63, 3.8) is 0 Å². The first-order chi connectivity index (χ1) is 9.33. The second-order valence-corrected chi connectivity index (χ2v) is 7.18. The maximum Gasteiger partial charge on any atom is 0.00949 e. The number of hydrogen-bond donors (Lipinski definition) is 1. The molecule has 2 aliphatic rings. The second-order valence-electron chi connectivity index (χ2n) is 7.18. The molecule has 0 bridgehead atoms. The fourth-order valence-corrected chi connectivity index (χ4v) is 4.50. The molecule has 1 N–H and O–H groups in total. The molecule has 0 spiro atoms. The average Bonchev–Trinajstić information content (AvgIpc) is 2.73. The van der Waals surface area contributed by atoms with Crippen LogP contribution in [0.1, 0.15) is 84.0 Å². The van der Waals surface area contributed by atoms with Crippen LogP contribution in [0.2, 0.25) is 0 Å². The second kappa shape index (κ2) is 8.29. The number of nitrogens with one attached hydrogen (secondary N) is 1. The van der Waals surface area contributed by atoms with Gasteiger partial charge >= 0.3 is 0 Å². The zero-order valence-electron chi connectivity index (χ0n) is 13.3. The molecule has 1 nitrogen and oxygen atoms in total. The van der Waals surface area contributed by atoms with Crippen LogP contribution in [-0.4, -0.2) is 13.1 Å². The first-order valence-electron chi connectivity index (χ1n) is 9.00. The quantitative estimate of drug-likeness (QED) is 0.678. The molecule has 0 amide bonds. The Kier molecular flexibility index (Phi) is 6.70. The molecule has 112 valence electrons. The van der Waals surface area contributed by atoms with Crippen molar-refractivity contribution < 1.29 is 0 Å². The SMILES string of the molecule is CCC1CCC(C(CC2CCCCCC2)NC)CC1. The molecule has 1 heteroatoms. The van der Waals surface area contributed by atoms with E-state index in [0.29, 0.717) is 0 Å². The maximum absolute atomic E-state index is 3.67. The standard InChI is InChI=1S/C18H35N/c1-3-15-10-12-17(13-11-15)18(19-2)14-16-8-6-4-5-7-9-16/h15-19H,3-14H2,1-2H3. The van der Waals surface area contributed by atoms with Gasteiger partial charge in [-0.2, -0.15) is 0 Å². The van der Waals surface area contributed by atoms with Crippen molar-refractivity contribution in [1.29, 1.82) is 0 Å². The van der Waals surface area contributed by atoms with Crippen LogP contribution in [0.4, 0.5) is 0 Å². The molecule has 2 aliphatic carbocycles. The minimum absolute atomic E-state index is 0.806. The molecule has 1 unspecified atom stereocenters. The van der Waals surface area contributed by atoms with Gasteiger partial charge in [0, 0.05) is 6.04 Å². The highest BCUT2D eigenvalue weighted by molar-refractivity contribution is 4.83. The summed E-state index contributed by atoms with van der Waals surface area (Å²) in [6.45, 7) is 2.37. The molecule has 0 radical (unpaired) electrons. The lowest BCUT2D eigenvalue weighted by Crippen LogP contribution is -2.37. The normalized spacial score (nSPS) is 31.9. The van der Waals surface area contributed by atoms with Gasteiger partial charge in [0.1, 0.15) is 0 Å². The molecule has 19 heavy (non-hydrogen) atoms. The van der Waals surface area contributed by atoms with Gasteiger partial charge in [-0.15, -0.1) is 0 Å². The van der Waals surface area contributed by atoms with E-state index in [9.17, 15) is 0 Å². The number of rotatable bonds is 5. The lowest BCUT2D eigenvalue weighted by atomic mass is 9.75. The molecular weight excluding hydrogens is 230 g/mol. The summed E-state index contributed by atoms with van der Waals surface area (Å²) >= 11 is 0. The molecule has 0 aliphatic heterocycles. The van der Waals surface area contributed by atoms with E-state index in [2.05, 4.69) is 19.3 Å². The van der Waals surface area contributed by atoms with E-state index in [4.69, 9.17) is 0 Å². The van der Waals surface area contributed by atoms with Crippen LogP contribution < -0.4 is 5.32 Å².